The zero-order valence-electron chi connectivity index (χ0n) is 10.8. The Morgan fingerprint density at radius 1 is 1.44 bits per heavy atom. The molecular weight excluding hydrogens is 292 g/mol. The maximum Gasteiger partial charge on any atom is 0.0606 e. The van der Waals surface area contributed by atoms with Crippen LogP contribution in [0.2, 0.25) is 0 Å². The van der Waals surface area contributed by atoms with Crippen LogP contribution in [0, 0.1) is 0 Å². The fraction of sp³-hybridized carbons (Fsp3) is 0.571. The summed E-state index contributed by atoms with van der Waals surface area (Å²) in [5.74, 6) is 0. The Morgan fingerprint density at radius 2 is 2.22 bits per heavy atom. The van der Waals surface area contributed by atoms with E-state index in [9.17, 15) is 5.11 Å². The second-order valence-electron chi connectivity index (χ2n) is 4.81. The fourth-order valence-corrected chi connectivity index (χ4v) is 2.88. The van der Waals surface area contributed by atoms with Gasteiger partial charge in [-0.15, -0.1) is 0 Å². The van der Waals surface area contributed by atoms with E-state index in [4.69, 9.17) is 0 Å². The van der Waals surface area contributed by atoms with Gasteiger partial charge in [-0.05, 0) is 50.1 Å². The molecule has 2 rings (SSSR count). The molecule has 2 N–H and O–H groups in total. The number of hydrogen-bond donors (Lipinski definition) is 2. The van der Waals surface area contributed by atoms with Crippen molar-refractivity contribution in [1.29, 1.82) is 0 Å². The molecule has 0 aromatic heterocycles. The van der Waals surface area contributed by atoms with Crippen LogP contribution in [0.3, 0.4) is 0 Å². The van der Waals surface area contributed by atoms with Crippen molar-refractivity contribution in [1.82, 2.24) is 5.32 Å². The summed E-state index contributed by atoms with van der Waals surface area (Å²) in [6.45, 7) is 1.79. The topological polar surface area (TPSA) is 35.5 Å². The quantitative estimate of drug-likeness (QED) is 0.847. The Morgan fingerprint density at radius 3 is 2.78 bits per heavy atom. The normalized spacial score (nSPS) is 15.5. The number of benzene rings is 1. The van der Waals surface area contributed by atoms with E-state index in [2.05, 4.69) is 44.3 Å². The van der Waals surface area contributed by atoms with E-state index >= 15 is 0 Å². The number of aliphatic hydroxyl groups excluding tert-OH is 1. The second-order valence-corrected chi connectivity index (χ2v) is 5.72. The van der Waals surface area contributed by atoms with Crippen LogP contribution in [0.5, 0.6) is 0 Å². The molecule has 0 atom stereocenters. The molecule has 1 aromatic rings. The minimum Gasteiger partial charge on any atom is -0.395 e. The van der Waals surface area contributed by atoms with Gasteiger partial charge in [0.15, 0.2) is 0 Å². The first-order valence-electron chi connectivity index (χ1n) is 6.56. The van der Waals surface area contributed by atoms with Crippen molar-refractivity contribution in [3.05, 3.63) is 28.2 Å². The number of hydrogen-bond acceptors (Lipinski definition) is 3. The molecule has 18 heavy (non-hydrogen) atoms. The first-order chi connectivity index (χ1) is 8.76. The average Bonchev–Trinajstić information content (AvgIpc) is 2.27. The molecule has 1 fully saturated rings. The third kappa shape index (κ3) is 3.05. The number of nitrogens with zero attached hydrogens (tertiary/aromatic N) is 1. The van der Waals surface area contributed by atoms with E-state index in [-0.39, 0.29) is 6.61 Å². The van der Waals surface area contributed by atoms with Crippen molar-refractivity contribution in [2.24, 2.45) is 0 Å². The van der Waals surface area contributed by atoms with Gasteiger partial charge < -0.3 is 15.3 Å². The molecule has 1 aliphatic rings. The van der Waals surface area contributed by atoms with Crippen molar-refractivity contribution >= 4 is 21.6 Å². The van der Waals surface area contributed by atoms with E-state index in [1.54, 1.807) is 0 Å². The summed E-state index contributed by atoms with van der Waals surface area (Å²) >= 11 is 3.53. The van der Waals surface area contributed by atoms with Gasteiger partial charge in [0, 0.05) is 29.3 Å². The lowest BCUT2D eigenvalue weighted by atomic mass is 9.90. The third-order valence-corrected chi connectivity index (χ3v) is 4.07. The first-order valence-corrected chi connectivity index (χ1v) is 7.36. The number of rotatable bonds is 6. The average molecular weight is 313 g/mol. The molecule has 0 saturated heterocycles. The molecule has 1 saturated carbocycles. The van der Waals surface area contributed by atoms with Crippen LogP contribution in [0.15, 0.2) is 22.7 Å². The lowest BCUT2D eigenvalue weighted by molar-refractivity contribution is 0.283. The van der Waals surface area contributed by atoms with E-state index in [1.807, 2.05) is 7.05 Å². The molecule has 0 spiro atoms. The van der Waals surface area contributed by atoms with Crippen molar-refractivity contribution in [2.75, 3.05) is 25.1 Å². The summed E-state index contributed by atoms with van der Waals surface area (Å²) in [6.07, 6.45) is 3.80. The van der Waals surface area contributed by atoms with Crippen molar-refractivity contribution < 1.29 is 5.11 Å². The summed E-state index contributed by atoms with van der Waals surface area (Å²) < 4.78 is 1.11. The zero-order chi connectivity index (χ0) is 13.0. The van der Waals surface area contributed by atoms with Crippen LogP contribution in [-0.2, 0) is 6.54 Å². The van der Waals surface area contributed by atoms with Gasteiger partial charge in [-0.2, -0.15) is 0 Å². The van der Waals surface area contributed by atoms with Gasteiger partial charge in [0.05, 0.1) is 6.61 Å². The number of aliphatic hydroxyl groups is 1. The molecule has 0 radical (unpaired) electrons. The molecular formula is C14H21BrN2O. The smallest absolute Gasteiger partial charge is 0.0606 e. The summed E-state index contributed by atoms with van der Waals surface area (Å²) in [4.78, 5) is 2.36. The van der Waals surface area contributed by atoms with Gasteiger partial charge >= 0.3 is 0 Å². The predicted molar refractivity (Wildman–Crippen MR) is 79.0 cm³/mol. The maximum atomic E-state index is 9.28. The van der Waals surface area contributed by atoms with Crippen LogP contribution in [-0.4, -0.2) is 31.3 Å². The second kappa shape index (κ2) is 6.55. The van der Waals surface area contributed by atoms with Crippen LogP contribution in [0.25, 0.3) is 0 Å². The molecule has 4 heteroatoms. The van der Waals surface area contributed by atoms with Crippen LogP contribution < -0.4 is 10.2 Å². The Bertz CT molecular complexity index is 393. The van der Waals surface area contributed by atoms with Crippen LogP contribution >= 0.6 is 15.9 Å². The Hall–Kier alpha value is -0.580. The lowest BCUT2D eigenvalue weighted by Gasteiger charge is -2.40. The molecule has 0 amide bonds. The van der Waals surface area contributed by atoms with Gasteiger partial charge in [0.2, 0.25) is 0 Å². The van der Waals surface area contributed by atoms with E-state index in [0.717, 1.165) is 17.6 Å². The van der Waals surface area contributed by atoms with E-state index in [1.165, 1.54) is 30.5 Å². The standard InChI is InChI=1S/C14H21BrN2O/c1-16-10-11-9-12(15)5-6-14(11)17(7-8-18)13-3-2-4-13/h5-6,9,13,16,18H,2-4,7-8,10H2,1H3. The van der Waals surface area contributed by atoms with Crippen molar-refractivity contribution in [3.8, 4) is 0 Å². The molecule has 1 aliphatic carbocycles. The number of nitrogens with one attached hydrogen (secondary N) is 1. The number of anilines is 1. The molecule has 3 nitrogen and oxygen atoms in total. The van der Waals surface area contributed by atoms with Gasteiger partial charge in [0.1, 0.15) is 0 Å². The molecule has 0 aliphatic heterocycles. The molecule has 0 unspecified atom stereocenters. The maximum absolute atomic E-state index is 9.28. The van der Waals surface area contributed by atoms with Crippen molar-refractivity contribution in [2.45, 2.75) is 31.8 Å². The lowest BCUT2D eigenvalue weighted by Crippen LogP contribution is -2.42. The highest BCUT2D eigenvalue weighted by Gasteiger charge is 2.26. The van der Waals surface area contributed by atoms with Gasteiger partial charge in [-0.25, -0.2) is 0 Å². The molecule has 0 heterocycles. The summed E-state index contributed by atoms with van der Waals surface area (Å²) in [7, 11) is 1.96. The van der Waals surface area contributed by atoms with Gasteiger partial charge in [-0.1, -0.05) is 15.9 Å². The molecule has 1 aromatic carbocycles. The summed E-state index contributed by atoms with van der Waals surface area (Å²) in [6, 6.07) is 7.01. The zero-order valence-corrected chi connectivity index (χ0v) is 12.4. The van der Waals surface area contributed by atoms with Gasteiger partial charge in [0.25, 0.3) is 0 Å². The predicted octanol–water partition coefficient (Wildman–Crippen LogP) is 2.52. The Balaban J connectivity index is 2.26. The highest BCUT2D eigenvalue weighted by atomic mass is 79.9. The highest BCUT2D eigenvalue weighted by molar-refractivity contribution is 9.10. The summed E-state index contributed by atoms with van der Waals surface area (Å²) in [5.41, 5.74) is 2.54. The minimum absolute atomic E-state index is 0.214. The molecule has 100 valence electrons. The Labute approximate surface area is 117 Å². The monoisotopic (exact) mass is 312 g/mol. The Kier molecular flexibility index (Phi) is 5.03. The van der Waals surface area contributed by atoms with E-state index in [0.29, 0.717) is 6.04 Å². The SMILES string of the molecule is CNCc1cc(Br)ccc1N(CCO)C1CCC1. The summed E-state index contributed by atoms with van der Waals surface area (Å²) in [5, 5.41) is 12.5. The van der Waals surface area contributed by atoms with Crippen LogP contribution in [0.1, 0.15) is 24.8 Å². The third-order valence-electron chi connectivity index (χ3n) is 3.57. The molecule has 0 bridgehead atoms. The fourth-order valence-electron chi connectivity index (χ4n) is 2.47. The van der Waals surface area contributed by atoms with Gasteiger partial charge in [-0.3, -0.25) is 0 Å². The van der Waals surface area contributed by atoms with E-state index < -0.39 is 0 Å². The highest BCUT2D eigenvalue weighted by Crippen LogP contribution is 2.32. The number of halogens is 1. The largest absolute Gasteiger partial charge is 0.395 e. The minimum atomic E-state index is 0.214. The van der Waals surface area contributed by atoms with Crippen LogP contribution in [0.4, 0.5) is 5.69 Å². The first kappa shape index (κ1) is 13.8. The van der Waals surface area contributed by atoms with Crippen molar-refractivity contribution in [3.63, 3.8) is 0 Å².